The molecule has 1 aliphatic carbocycles. The van der Waals surface area contributed by atoms with E-state index in [2.05, 4.69) is 26.1 Å². The number of nitrogens with one attached hydrogen (secondary N) is 1. The molecule has 1 atom stereocenters. The van der Waals surface area contributed by atoms with Crippen LogP contribution in [0.3, 0.4) is 0 Å². The van der Waals surface area contributed by atoms with Crippen LogP contribution in [-0.2, 0) is 4.79 Å². The second-order valence-corrected chi connectivity index (χ2v) is 6.04. The zero-order chi connectivity index (χ0) is 12.0. The second-order valence-electron chi connectivity index (χ2n) is 6.04. The van der Waals surface area contributed by atoms with Crippen LogP contribution in [0.4, 0.5) is 0 Å². The lowest BCUT2D eigenvalue weighted by atomic mass is 9.91. The van der Waals surface area contributed by atoms with Gasteiger partial charge in [0.1, 0.15) is 0 Å². The van der Waals surface area contributed by atoms with Crippen LogP contribution in [0.1, 0.15) is 47.0 Å². The van der Waals surface area contributed by atoms with E-state index >= 15 is 0 Å². The van der Waals surface area contributed by atoms with Crippen LogP contribution in [0.2, 0.25) is 0 Å². The highest BCUT2D eigenvalue weighted by molar-refractivity contribution is 5.87. The summed E-state index contributed by atoms with van der Waals surface area (Å²) in [5, 5.41) is 3.35. The molecule has 0 aromatic heterocycles. The average molecular weight is 224 g/mol. The van der Waals surface area contributed by atoms with Crippen molar-refractivity contribution < 1.29 is 4.79 Å². The lowest BCUT2D eigenvalue weighted by Crippen LogP contribution is -2.43. The topological polar surface area (TPSA) is 32.3 Å². The zero-order valence-electron chi connectivity index (χ0n) is 11.0. The number of hydrogen-bond donors (Lipinski definition) is 1. The fraction of sp³-hybridized carbons (Fsp3) is 0.923. The third-order valence-corrected chi connectivity index (χ3v) is 4.75. The highest BCUT2D eigenvalue weighted by Gasteiger charge is 2.50. The Hall–Kier alpha value is -0.570. The van der Waals surface area contributed by atoms with Crippen molar-refractivity contribution in [2.24, 2.45) is 11.3 Å². The Morgan fingerprint density at radius 2 is 2.06 bits per heavy atom. The van der Waals surface area contributed by atoms with Crippen molar-refractivity contribution in [2.45, 2.75) is 52.5 Å². The molecule has 0 aromatic rings. The first-order chi connectivity index (χ1) is 7.43. The number of rotatable bonds is 4. The molecule has 2 rings (SSSR count). The molecule has 3 nitrogen and oxygen atoms in total. The third kappa shape index (κ3) is 1.75. The average Bonchev–Trinajstić information content (AvgIpc) is 2.98. The van der Waals surface area contributed by atoms with E-state index in [9.17, 15) is 4.79 Å². The monoisotopic (exact) mass is 224 g/mol. The minimum Gasteiger partial charge on any atom is -0.328 e. The molecule has 3 heteroatoms. The summed E-state index contributed by atoms with van der Waals surface area (Å²) in [6.45, 7) is 10.3. The fourth-order valence-electron chi connectivity index (χ4n) is 2.63. The molecular formula is C13H24N2O. The third-order valence-electron chi connectivity index (χ3n) is 4.75. The van der Waals surface area contributed by atoms with Gasteiger partial charge in [0.05, 0.1) is 12.2 Å². The predicted octanol–water partition coefficient (Wildman–Crippen LogP) is 1.98. The Morgan fingerprint density at radius 1 is 1.44 bits per heavy atom. The molecular weight excluding hydrogens is 200 g/mol. The van der Waals surface area contributed by atoms with Gasteiger partial charge in [-0.05, 0) is 37.5 Å². The minimum atomic E-state index is -0.312. The van der Waals surface area contributed by atoms with Gasteiger partial charge in [-0.15, -0.1) is 0 Å². The number of amides is 1. The van der Waals surface area contributed by atoms with Gasteiger partial charge in [-0.3, -0.25) is 10.1 Å². The summed E-state index contributed by atoms with van der Waals surface area (Å²) in [6, 6.07) is 0. The van der Waals surface area contributed by atoms with E-state index in [4.69, 9.17) is 0 Å². The van der Waals surface area contributed by atoms with Crippen molar-refractivity contribution in [3.05, 3.63) is 0 Å². The number of hydrogen-bond acceptors (Lipinski definition) is 2. The number of carbonyl (C=O) groups excluding carboxylic acids is 1. The van der Waals surface area contributed by atoms with Crippen LogP contribution in [0.15, 0.2) is 0 Å². The van der Waals surface area contributed by atoms with Gasteiger partial charge in [-0.2, -0.15) is 0 Å². The first-order valence-electron chi connectivity index (χ1n) is 6.48. The Labute approximate surface area is 98.6 Å². The zero-order valence-corrected chi connectivity index (χ0v) is 11.0. The summed E-state index contributed by atoms with van der Waals surface area (Å²) < 4.78 is 0. The lowest BCUT2D eigenvalue weighted by molar-refractivity contribution is -0.132. The van der Waals surface area contributed by atoms with Crippen molar-refractivity contribution in [1.82, 2.24) is 10.2 Å². The molecule has 1 amide bonds. The molecule has 16 heavy (non-hydrogen) atoms. The highest BCUT2D eigenvalue weighted by atomic mass is 16.2. The number of nitrogens with zero attached hydrogens (tertiary/aromatic N) is 1. The molecule has 92 valence electrons. The first-order valence-corrected chi connectivity index (χ1v) is 6.48. The van der Waals surface area contributed by atoms with Crippen LogP contribution in [0, 0.1) is 11.3 Å². The van der Waals surface area contributed by atoms with Crippen LogP contribution in [0.25, 0.3) is 0 Å². The van der Waals surface area contributed by atoms with Gasteiger partial charge in [-0.1, -0.05) is 20.8 Å². The van der Waals surface area contributed by atoms with Crippen molar-refractivity contribution in [3.8, 4) is 0 Å². The largest absolute Gasteiger partial charge is 0.328 e. The van der Waals surface area contributed by atoms with Crippen LogP contribution >= 0.6 is 0 Å². The summed E-state index contributed by atoms with van der Waals surface area (Å²) in [5.41, 5.74) is 0.114. The van der Waals surface area contributed by atoms with Crippen LogP contribution in [0.5, 0.6) is 0 Å². The Kier molecular flexibility index (Phi) is 2.77. The first kappa shape index (κ1) is 11.9. The van der Waals surface area contributed by atoms with E-state index in [0.29, 0.717) is 17.2 Å². The number of carbonyl (C=O) groups is 1. The van der Waals surface area contributed by atoms with Gasteiger partial charge in [0.15, 0.2) is 0 Å². The maximum atomic E-state index is 12.2. The molecule has 0 radical (unpaired) electrons. The van der Waals surface area contributed by atoms with Crippen molar-refractivity contribution in [3.63, 3.8) is 0 Å². The van der Waals surface area contributed by atoms with Crippen molar-refractivity contribution in [2.75, 3.05) is 13.2 Å². The van der Waals surface area contributed by atoms with E-state index in [1.807, 2.05) is 11.8 Å². The highest BCUT2D eigenvalue weighted by Crippen LogP contribution is 2.52. The predicted molar refractivity (Wildman–Crippen MR) is 64.9 cm³/mol. The van der Waals surface area contributed by atoms with Crippen LogP contribution in [-0.4, -0.2) is 29.6 Å². The van der Waals surface area contributed by atoms with Gasteiger partial charge < -0.3 is 4.90 Å². The molecule has 1 saturated carbocycles. The SMILES string of the molecule is CCC1(C)NCN(CC2(C(C)C)CC2)C1=O. The summed E-state index contributed by atoms with van der Waals surface area (Å²) >= 11 is 0. The Morgan fingerprint density at radius 3 is 2.44 bits per heavy atom. The van der Waals surface area contributed by atoms with E-state index in [1.54, 1.807) is 0 Å². The van der Waals surface area contributed by atoms with E-state index < -0.39 is 0 Å². The standard InChI is InChI=1S/C13H24N2O/c1-5-12(4)11(16)15(9-14-12)8-13(6-7-13)10(2)3/h10,14H,5-9H2,1-4H3. The van der Waals surface area contributed by atoms with Gasteiger partial charge in [-0.25, -0.2) is 0 Å². The lowest BCUT2D eigenvalue weighted by Gasteiger charge is -2.27. The fourth-order valence-corrected chi connectivity index (χ4v) is 2.63. The summed E-state index contributed by atoms with van der Waals surface area (Å²) in [4.78, 5) is 14.3. The molecule has 1 N–H and O–H groups in total. The van der Waals surface area contributed by atoms with Crippen LogP contribution < -0.4 is 5.32 Å². The Bertz CT molecular complexity index is 296. The molecule has 0 spiro atoms. The summed E-state index contributed by atoms with van der Waals surface area (Å²) in [6.07, 6.45) is 3.45. The van der Waals surface area contributed by atoms with E-state index in [1.165, 1.54) is 12.8 Å². The van der Waals surface area contributed by atoms with E-state index in [0.717, 1.165) is 19.6 Å². The molecule has 1 aliphatic heterocycles. The van der Waals surface area contributed by atoms with Gasteiger partial charge in [0.2, 0.25) is 5.91 Å². The molecule has 0 aromatic carbocycles. The molecule has 0 bridgehead atoms. The van der Waals surface area contributed by atoms with Gasteiger partial charge >= 0.3 is 0 Å². The van der Waals surface area contributed by atoms with E-state index in [-0.39, 0.29) is 5.54 Å². The maximum Gasteiger partial charge on any atom is 0.243 e. The second kappa shape index (κ2) is 3.73. The van der Waals surface area contributed by atoms with Gasteiger partial charge in [0, 0.05) is 6.54 Å². The molecule has 2 aliphatic rings. The smallest absolute Gasteiger partial charge is 0.243 e. The molecule has 1 heterocycles. The maximum absolute atomic E-state index is 12.2. The summed E-state index contributed by atoms with van der Waals surface area (Å²) in [7, 11) is 0. The molecule has 1 unspecified atom stereocenters. The molecule has 1 saturated heterocycles. The Balaban J connectivity index is 2.01. The van der Waals surface area contributed by atoms with Gasteiger partial charge in [0.25, 0.3) is 0 Å². The van der Waals surface area contributed by atoms with Crippen molar-refractivity contribution in [1.29, 1.82) is 0 Å². The quantitative estimate of drug-likeness (QED) is 0.792. The minimum absolute atomic E-state index is 0.293. The summed E-state index contributed by atoms with van der Waals surface area (Å²) in [5.74, 6) is 0.982. The van der Waals surface area contributed by atoms with Crippen molar-refractivity contribution >= 4 is 5.91 Å². The molecule has 2 fully saturated rings. The normalized spacial score (nSPS) is 32.6.